The predicted octanol–water partition coefficient (Wildman–Crippen LogP) is -0.342. The van der Waals surface area contributed by atoms with Gasteiger partial charge in [0.15, 0.2) is 0 Å². The number of hydrogen-bond acceptors (Lipinski definition) is 9. The van der Waals surface area contributed by atoms with Crippen LogP contribution in [-0.2, 0) is 19.2 Å². The number of carboxylic acid groups (broad SMARTS) is 3. The molecular weight excluding hydrogens is 508 g/mol. The SMILES string of the molecule is NCCCCCCCCCCNC(=O)CN1CCN(CC(=O)O)CCN(CC(=O)O)CCN(CC(=O)O)CC1. The minimum atomic E-state index is -0.993. The van der Waals surface area contributed by atoms with E-state index in [1.165, 1.54) is 25.7 Å². The van der Waals surface area contributed by atoms with Crippen LogP contribution < -0.4 is 11.1 Å². The van der Waals surface area contributed by atoms with Crippen molar-refractivity contribution in [1.29, 1.82) is 0 Å². The monoisotopic (exact) mass is 558 g/mol. The highest BCUT2D eigenvalue weighted by Crippen LogP contribution is 2.08. The van der Waals surface area contributed by atoms with Crippen molar-refractivity contribution in [3.8, 4) is 0 Å². The Labute approximate surface area is 232 Å². The number of carboxylic acids is 3. The summed E-state index contributed by atoms with van der Waals surface area (Å²) in [6.07, 6.45) is 9.04. The van der Waals surface area contributed by atoms with E-state index >= 15 is 0 Å². The summed E-state index contributed by atoms with van der Waals surface area (Å²) in [5.41, 5.74) is 5.51. The summed E-state index contributed by atoms with van der Waals surface area (Å²) in [5, 5.41) is 30.9. The van der Waals surface area contributed by atoms with Crippen molar-refractivity contribution in [2.45, 2.75) is 51.4 Å². The second-order valence-electron chi connectivity index (χ2n) is 10.3. The number of unbranched alkanes of at least 4 members (excludes halogenated alkanes) is 7. The molecule has 0 aliphatic carbocycles. The number of aliphatic carboxylic acids is 3. The van der Waals surface area contributed by atoms with Crippen LogP contribution in [0.1, 0.15) is 51.4 Å². The molecule has 1 heterocycles. The summed E-state index contributed by atoms with van der Waals surface area (Å²) in [6.45, 7) is 3.99. The van der Waals surface area contributed by atoms with Gasteiger partial charge in [-0.05, 0) is 19.4 Å². The van der Waals surface area contributed by atoms with E-state index in [1.807, 2.05) is 4.90 Å². The van der Waals surface area contributed by atoms with E-state index in [0.29, 0.717) is 58.9 Å². The van der Waals surface area contributed by atoms with Crippen LogP contribution in [0.2, 0.25) is 0 Å². The van der Waals surface area contributed by atoms with E-state index < -0.39 is 17.9 Å². The van der Waals surface area contributed by atoms with Gasteiger partial charge >= 0.3 is 17.9 Å². The average molecular weight is 559 g/mol. The van der Waals surface area contributed by atoms with Crippen LogP contribution in [-0.4, -0.2) is 150 Å². The fourth-order valence-electron chi connectivity index (χ4n) is 4.60. The first kappa shape index (κ1) is 34.7. The molecule has 1 saturated heterocycles. The Hall–Kier alpha value is -2.32. The molecule has 0 atom stereocenters. The highest BCUT2D eigenvalue weighted by molar-refractivity contribution is 5.78. The smallest absolute Gasteiger partial charge is 0.317 e. The van der Waals surface area contributed by atoms with E-state index in [2.05, 4.69) is 5.32 Å². The normalized spacial score (nSPS) is 17.3. The molecule has 0 bridgehead atoms. The average Bonchev–Trinajstić information content (AvgIpc) is 2.85. The lowest BCUT2D eigenvalue weighted by atomic mass is 10.1. The summed E-state index contributed by atoms with van der Waals surface area (Å²) in [5.74, 6) is -3.04. The van der Waals surface area contributed by atoms with Crippen LogP contribution in [0.25, 0.3) is 0 Å². The Morgan fingerprint density at radius 2 is 0.821 bits per heavy atom. The van der Waals surface area contributed by atoms with Crippen LogP contribution in [0.3, 0.4) is 0 Å². The van der Waals surface area contributed by atoms with E-state index in [0.717, 1.165) is 32.2 Å². The van der Waals surface area contributed by atoms with E-state index in [-0.39, 0.29) is 32.1 Å². The molecule has 1 aliphatic rings. The molecule has 1 amide bonds. The van der Waals surface area contributed by atoms with Crippen LogP contribution >= 0.6 is 0 Å². The highest BCUT2D eigenvalue weighted by Gasteiger charge is 2.21. The zero-order chi connectivity index (χ0) is 28.9. The first-order valence-electron chi connectivity index (χ1n) is 14.2. The van der Waals surface area contributed by atoms with Crippen molar-refractivity contribution in [2.24, 2.45) is 5.73 Å². The number of nitrogens with zero attached hydrogens (tertiary/aromatic N) is 4. The van der Waals surface area contributed by atoms with Gasteiger partial charge < -0.3 is 26.4 Å². The van der Waals surface area contributed by atoms with E-state index in [4.69, 9.17) is 5.73 Å². The summed E-state index contributed by atoms with van der Waals surface area (Å²) in [6, 6.07) is 0. The largest absolute Gasteiger partial charge is 0.480 e. The molecule has 0 saturated carbocycles. The Kier molecular flexibility index (Phi) is 19.1. The third-order valence-corrected chi connectivity index (χ3v) is 6.83. The molecule has 13 nitrogen and oxygen atoms in total. The molecule has 1 aliphatic heterocycles. The molecule has 0 radical (unpaired) electrons. The second kappa shape index (κ2) is 21.5. The van der Waals surface area contributed by atoms with Crippen LogP contribution in [0, 0.1) is 0 Å². The van der Waals surface area contributed by atoms with Gasteiger partial charge in [0, 0.05) is 58.9 Å². The minimum absolute atomic E-state index is 0.105. The fraction of sp³-hybridized carbons (Fsp3) is 0.846. The first-order valence-corrected chi connectivity index (χ1v) is 14.2. The van der Waals surface area contributed by atoms with Crippen molar-refractivity contribution in [3.63, 3.8) is 0 Å². The van der Waals surface area contributed by atoms with Crippen molar-refractivity contribution in [3.05, 3.63) is 0 Å². The van der Waals surface area contributed by atoms with Gasteiger partial charge in [-0.1, -0.05) is 38.5 Å². The number of rotatable bonds is 18. The number of carbonyl (C=O) groups is 4. The van der Waals surface area contributed by atoms with Crippen LogP contribution in [0.15, 0.2) is 0 Å². The lowest BCUT2D eigenvalue weighted by Gasteiger charge is -2.32. The minimum Gasteiger partial charge on any atom is -0.480 e. The van der Waals surface area contributed by atoms with Crippen molar-refractivity contribution in [2.75, 3.05) is 91.6 Å². The van der Waals surface area contributed by atoms with Gasteiger partial charge in [-0.15, -0.1) is 0 Å². The Bertz CT molecular complexity index is 695. The number of hydrogen-bond donors (Lipinski definition) is 5. The Morgan fingerprint density at radius 1 is 0.513 bits per heavy atom. The lowest BCUT2D eigenvalue weighted by Crippen LogP contribution is -2.49. The maximum atomic E-state index is 12.6. The highest BCUT2D eigenvalue weighted by atomic mass is 16.4. The molecule has 1 fully saturated rings. The van der Waals surface area contributed by atoms with Gasteiger partial charge in [-0.2, -0.15) is 0 Å². The number of nitrogens with two attached hydrogens (primary N) is 1. The van der Waals surface area contributed by atoms with Gasteiger partial charge in [-0.3, -0.25) is 38.8 Å². The zero-order valence-corrected chi connectivity index (χ0v) is 23.4. The standard InChI is InChI=1S/C26H50N6O7/c27-9-7-5-3-1-2-4-6-8-10-28-23(33)19-29-11-13-30(20-24(34)35)15-17-32(22-26(38)39)18-16-31(14-12-29)21-25(36)37/h1-22,27H2,(H,28,33)(H,34,35)(H,36,37)(H,38,39). The third kappa shape index (κ3) is 19.4. The van der Waals surface area contributed by atoms with Crippen molar-refractivity contribution in [1.82, 2.24) is 24.9 Å². The molecule has 13 heteroatoms. The summed E-state index contributed by atoms with van der Waals surface area (Å²) < 4.78 is 0. The fourth-order valence-corrected chi connectivity index (χ4v) is 4.60. The summed E-state index contributed by atoms with van der Waals surface area (Å²) in [7, 11) is 0. The number of carbonyl (C=O) groups excluding carboxylic acids is 1. The molecule has 0 aromatic rings. The maximum absolute atomic E-state index is 12.6. The summed E-state index contributed by atoms with van der Waals surface area (Å²) >= 11 is 0. The molecular formula is C26H50N6O7. The molecule has 39 heavy (non-hydrogen) atoms. The van der Waals surface area contributed by atoms with Crippen LogP contribution in [0.4, 0.5) is 0 Å². The third-order valence-electron chi connectivity index (χ3n) is 6.83. The van der Waals surface area contributed by atoms with Gasteiger partial charge in [0.1, 0.15) is 0 Å². The van der Waals surface area contributed by atoms with Gasteiger partial charge in [0.25, 0.3) is 0 Å². The predicted molar refractivity (Wildman–Crippen MR) is 148 cm³/mol. The molecule has 6 N–H and O–H groups in total. The molecule has 0 spiro atoms. The lowest BCUT2D eigenvalue weighted by molar-refractivity contribution is -0.140. The van der Waals surface area contributed by atoms with E-state index in [9.17, 15) is 34.5 Å². The van der Waals surface area contributed by atoms with Gasteiger partial charge in [-0.25, -0.2) is 0 Å². The maximum Gasteiger partial charge on any atom is 0.317 e. The van der Waals surface area contributed by atoms with Crippen molar-refractivity contribution < 1.29 is 34.5 Å². The molecule has 1 rings (SSSR count). The first-order chi connectivity index (χ1) is 18.7. The summed E-state index contributed by atoms with van der Waals surface area (Å²) in [4.78, 5) is 53.8. The van der Waals surface area contributed by atoms with Gasteiger partial charge in [0.05, 0.1) is 26.2 Å². The number of nitrogens with one attached hydrogen (secondary N) is 1. The van der Waals surface area contributed by atoms with Crippen LogP contribution in [0.5, 0.6) is 0 Å². The topological polar surface area (TPSA) is 180 Å². The quantitative estimate of drug-likeness (QED) is 0.138. The van der Waals surface area contributed by atoms with Gasteiger partial charge in [0.2, 0.25) is 5.91 Å². The zero-order valence-electron chi connectivity index (χ0n) is 23.4. The second-order valence-corrected chi connectivity index (χ2v) is 10.3. The Balaban J connectivity index is 2.62. The molecule has 0 aromatic carbocycles. The molecule has 0 aromatic heterocycles. The number of amides is 1. The van der Waals surface area contributed by atoms with Crippen molar-refractivity contribution >= 4 is 23.8 Å². The molecule has 0 unspecified atom stereocenters. The van der Waals surface area contributed by atoms with E-state index in [1.54, 1.807) is 14.7 Å². The molecule has 226 valence electrons. The Morgan fingerprint density at radius 3 is 1.15 bits per heavy atom.